The van der Waals surface area contributed by atoms with E-state index in [1.165, 1.54) is 16.5 Å². The molecule has 3 aromatic rings. The number of carbonyl (C=O) groups is 3. The van der Waals surface area contributed by atoms with Gasteiger partial charge in [0.15, 0.2) is 0 Å². The molecule has 2 aromatic carbocycles. The van der Waals surface area contributed by atoms with E-state index in [2.05, 4.69) is 23.1 Å². The maximum Gasteiger partial charge on any atom is 0.328 e. The molecule has 0 atom stereocenters. The Morgan fingerprint density at radius 2 is 1.63 bits per heavy atom. The van der Waals surface area contributed by atoms with Gasteiger partial charge in [0.2, 0.25) is 0 Å². The molecular weight excluding hydrogens is 448 g/mol. The quantitative estimate of drug-likeness (QED) is 0.517. The minimum atomic E-state index is -1.26. The third-order valence-corrected chi connectivity index (χ3v) is 6.41. The first kappa shape index (κ1) is 24.2. The molecule has 35 heavy (non-hydrogen) atoms. The molecule has 0 bridgehead atoms. The highest BCUT2D eigenvalue weighted by Crippen LogP contribution is 2.28. The lowest BCUT2D eigenvalue weighted by Crippen LogP contribution is -2.38. The molecule has 2 N–H and O–H groups in total. The SMILES string of the molecule is O=C(O)/C=C/C(=O)O.O=C1c2ccccc2CN1CC1CCN(Cc2coc3ccccc23)CC1. The molecule has 1 fully saturated rings. The highest BCUT2D eigenvalue weighted by molar-refractivity contribution is 5.98. The summed E-state index contributed by atoms with van der Waals surface area (Å²) in [5.41, 5.74) is 4.30. The van der Waals surface area contributed by atoms with Gasteiger partial charge in [0.1, 0.15) is 5.58 Å². The molecule has 0 saturated carbocycles. The van der Waals surface area contributed by atoms with Gasteiger partial charge in [-0.15, -0.1) is 0 Å². The standard InChI is InChI=1S/C23H24N2O2.C4H4O4/c26-23-21-7-2-1-5-18(21)15-25(23)13-17-9-11-24(12-10-17)14-19-16-27-22-8-4-3-6-20(19)22;5-3(6)1-2-4(7)8/h1-8,16-17H,9-15H2;1-2H,(H,5,6)(H,7,8)/b;2-1+. The molecule has 8 heteroatoms. The Balaban J connectivity index is 0.000000314. The molecule has 1 aromatic heterocycles. The number of hydrogen-bond donors (Lipinski definition) is 2. The summed E-state index contributed by atoms with van der Waals surface area (Å²) in [5.74, 6) is -1.71. The minimum Gasteiger partial charge on any atom is -0.478 e. The summed E-state index contributed by atoms with van der Waals surface area (Å²) in [7, 11) is 0. The predicted octanol–water partition coefficient (Wildman–Crippen LogP) is 4.01. The lowest BCUT2D eigenvalue weighted by atomic mass is 9.96. The Hall–Kier alpha value is -3.91. The second kappa shape index (κ2) is 11.0. The van der Waals surface area contributed by atoms with Gasteiger partial charge in [-0.1, -0.05) is 36.4 Å². The third-order valence-electron chi connectivity index (χ3n) is 6.41. The molecule has 8 nitrogen and oxygen atoms in total. The Bertz CT molecular complexity index is 1220. The van der Waals surface area contributed by atoms with E-state index >= 15 is 0 Å². The highest BCUT2D eigenvalue weighted by Gasteiger charge is 2.30. The second-order valence-electron chi connectivity index (χ2n) is 8.83. The molecule has 1 saturated heterocycles. The monoisotopic (exact) mass is 476 g/mol. The van der Waals surface area contributed by atoms with Crippen LogP contribution in [0.2, 0.25) is 0 Å². The van der Waals surface area contributed by atoms with Crippen molar-refractivity contribution in [3.63, 3.8) is 0 Å². The Kier molecular flexibility index (Phi) is 7.62. The van der Waals surface area contributed by atoms with E-state index in [0.717, 1.165) is 56.7 Å². The molecule has 5 rings (SSSR count). The van der Waals surface area contributed by atoms with Crippen LogP contribution in [0.5, 0.6) is 0 Å². The number of rotatable bonds is 6. The van der Waals surface area contributed by atoms with Gasteiger partial charge in [-0.2, -0.15) is 0 Å². The van der Waals surface area contributed by atoms with Crippen molar-refractivity contribution in [2.24, 2.45) is 5.92 Å². The first-order valence-corrected chi connectivity index (χ1v) is 11.6. The van der Waals surface area contributed by atoms with Crippen LogP contribution in [0.4, 0.5) is 0 Å². The number of carbonyl (C=O) groups excluding carboxylic acids is 1. The van der Waals surface area contributed by atoms with Gasteiger partial charge in [-0.05, 0) is 49.5 Å². The van der Waals surface area contributed by atoms with Gasteiger partial charge in [0.05, 0.1) is 6.26 Å². The van der Waals surface area contributed by atoms with Gasteiger partial charge < -0.3 is 19.5 Å². The molecule has 1 amide bonds. The maximum atomic E-state index is 12.6. The average molecular weight is 477 g/mol. The normalized spacial score (nSPS) is 16.3. The zero-order valence-corrected chi connectivity index (χ0v) is 19.3. The Labute approximate surface area is 203 Å². The number of likely N-dealkylation sites (tertiary alicyclic amines) is 1. The molecule has 2 aliphatic rings. The summed E-state index contributed by atoms with van der Waals surface area (Å²) in [5, 5.41) is 16.8. The minimum absolute atomic E-state index is 0.206. The summed E-state index contributed by atoms with van der Waals surface area (Å²) in [4.78, 5) is 36.2. The number of amides is 1. The fourth-order valence-electron chi connectivity index (χ4n) is 4.64. The summed E-state index contributed by atoms with van der Waals surface area (Å²) < 4.78 is 5.67. The summed E-state index contributed by atoms with van der Waals surface area (Å²) in [6, 6.07) is 16.2. The van der Waals surface area contributed by atoms with Crippen LogP contribution in [0.15, 0.2) is 71.4 Å². The van der Waals surface area contributed by atoms with Crippen molar-refractivity contribution < 1.29 is 29.0 Å². The molecule has 0 radical (unpaired) electrons. The van der Waals surface area contributed by atoms with Gasteiger partial charge in [0.25, 0.3) is 5.91 Å². The number of carboxylic acids is 2. The number of para-hydroxylation sites is 1. The Morgan fingerprint density at radius 3 is 2.31 bits per heavy atom. The summed E-state index contributed by atoms with van der Waals surface area (Å²) in [6.45, 7) is 4.77. The molecular formula is C27H28N2O6. The molecule has 0 aliphatic carbocycles. The third kappa shape index (κ3) is 6.16. The van der Waals surface area contributed by atoms with E-state index in [4.69, 9.17) is 14.6 Å². The van der Waals surface area contributed by atoms with Crippen molar-refractivity contribution in [3.8, 4) is 0 Å². The van der Waals surface area contributed by atoms with Gasteiger partial charge in [0, 0.05) is 48.3 Å². The van der Waals surface area contributed by atoms with E-state index in [9.17, 15) is 14.4 Å². The molecule has 2 aliphatic heterocycles. The van der Waals surface area contributed by atoms with Crippen LogP contribution < -0.4 is 0 Å². The van der Waals surface area contributed by atoms with Crippen molar-refractivity contribution in [3.05, 3.63) is 83.6 Å². The Morgan fingerprint density at radius 1 is 0.971 bits per heavy atom. The predicted molar refractivity (Wildman–Crippen MR) is 130 cm³/mol. The van der Waals surface area contributed by atoms with Crippen LogP contribution in [-0.2, 0) is 22.7 Å². The summed E-state index contributed by atoms with van der Waals surface area (Å²) in [6.07, 6.45) is 5.31. The fourth-order valence-corrected chi connectivity index (χ4v) is 4.64. The van der Waals surface area contributed by atoms with Crippen LogP contribution in [0.1, 0.15) is 34.3 Å². The smallest absolute Gasteiger partial charge is 0.328 e. The number of piperidine rings is 1. The van der Waals surface area contributed by atoms with Gasteiger partial charge in [-0.25, -0.2) is 9.59 Å². The van der Waals surface area contributed by atoms with E-state index in [1.54, 1.807) is 0 Å². The number of furan rings is 1. The molecule has 0 spiro atoms. The van der Waals surface area contributed by atoms with E-state index in [-0.39, 0.29) is 5.91 Å². The first-order chi connectivity index (χ1) is 16.9. The van der Waals surface area contributed by atoms with Crippen LogP contribution in [0, 0.1) is 5.92 Å². The van der Waals surface area contributed by atoms with E-state index in [1.807, 2.05) is 41.5 Å². The van der Waals surface area contributed by atoms with Crippen molar-refractivity contribution in [1.82, 2.24) is 9.80 Å². The number of fused-ring (bicyclic) bond motifs is 2. The number of benzene rings is 2. The molecule has 182 valence electrons. The van der Waals surface area contributed by atoms with Crippen molar-refractivity contribution in [2.45, 2.75) is 25.9 Å². The average Bonchev–Trinajstić information content (AvgIpc) is 3.40. The maximum absolute atomic E-state index is 12.6. The molecule has 0 unspecified atom stereocenters. The zero-order valence-electron chi connectivity index (χ0n) is 19.3. The summed E-state index contributed by atoms with van der Waals surface area (Å²) >= 11 is 0. The lowest BCUT2D eigenvalue weighted by molar-refractivity contribution is -0.134. The van der Waals surface area contributed by atoms with Gasteiger partial charge >= 0.3 is 11.9 Å². The van der Waals surface area contributed by atoms with Crippen LogP contribution in [0.3, 0.4) is 0 Å². The van der Waals surface area contributed by atoms with E-state index < -0.39 is 11.9 Å². The van der Waals surface area contributed by atoms with Crippen molar-refractivity contribution >= 4 is 28.8 Å². The zero-order chi connectivity index (χ0) is 24.8. The van der Waals surface area contributed by atoms with Crippen LogP contribution >= 0.6 is 0 Å². The largest absolute Gasteiger partial charge is 0.478 e. The highest BCUT2D eigenvalue weighted by atomic mass is 16.4. The second-order valence-corrected chi connectivity index (χ2v) is 8.83. The number of nitrogens with zero attached hydrogens (tertiary/aromatic N) is 2. The van der Waals surface area contributed by atoms with Gasteiger partial charge in [-0.3, -0.25) is 9.69 Å². The van der Waals surface area contributed by atoms with Crippen LogP contribution in [-0.4, -0.2) is 57.5 Å². The number of aliphatic carboxylic acids is 2. The molecule has 3 heterocycles. The van der Waals surface area contributed by atoms with E-state index in [0.29, 0.717) is 18.1 Å². The van der Waals surface area contributed by atoms with Crippen molar-refractivity contribution in [1.29, 1.82) is 0 Å². The topological polar surface area (TPSA) is 111 Å². The number of hydrogen-bond acceptors (Lipinski definition) is 5. The van der Waals surface area contributed by atoms with Crippen LogP contribution in [0.25, 0.3) is 11.0 Å². The first-order valence-electron chi connectivity index (χ1n) is 11.6. The fraction of sp³-hybridized carbons (Fsp3) is 0.296. The van der Waals surface area contributed by atoms with Crippen molar-refractivity contribution in [2.75, 3.05) is 19.6 Å². The lowest BCUT2D eigenvalue weighted by Gasteiger charge is -2.33. The number of carboxylic acid groups (broad SMARTS) is 2.